The number of hydroxylamine groups is 2. The molecule has 2 aromatic carbocycles. The molecule has 1 aromatic heterocycles. The summed E-state index contributed by atoms with van der Waals surface area (Å²) in [6.07, 6.45) is 7.51. The lowest BCUT2D eigenvalue weighted by Crippen LogP contribution is -2.43. The molecule has 2 aliphatic heterocycles. The Labute approximate surface area is 200 Å². The van der Waals surface area contributed by atoms with E-state index in [-0.39, 0.29) is 11.9 Å². The molecule has 3 heterocycles. The second-order valence-corrected chi connectivity index (χ2v) is 7.99. The van der Waals surface area contributed by atoms with Crippen LogP contribution in [0, 0.1) is 12.7 Å². The van der Waals surface area contributed by atoms with Crippen LogP contribution in [0.25, 0.3) is 11.8 Å². The lowest BCUT2D eigenvalue weighted by atomic mass is 9.98. The van der Waals surface area contributed by atoms with E-state index in [4.69, 9.17) is 14.6 Å². The van der Waals surface area contributed by atoms with Crippen molar-refractivity contribution in [1.82, 2.24) is 14.6 Å². The number of hydrogen-bond donors (Lipinski definition) is 0. The summed E-state index contributed by atoms with van der Waals surface area (Å²) in [6.45, 7) is 7.24. The molecule has 34 heavy (non-hydrogen) atoms. The van der Waals surface area contributed by atoms with Crippen molar-refractivity contribution in [2.24, 2.45) is 4.99 Å². The maximum atomic E-state index is 13.4. The van der Waals surface area contributed by atoms with Crippen LogP contribution >= 0.6 is 0 Å². The molecule has 178 valence electrons. The third-order valence-electron chi connectivity index (χ3n) is 5.83. The first-order valence-corrected chi connectivity index (χ1v) is 11.7. The third-order valence-corrected chi connectivity index (χ3v) is 5.83. The smallest absolute Gasteiger partial charge is 0.151 e. The second kappa shape index (κ2) is 10.7. The first-order chi connectivity index (χ1) is 16.6. The van der Waals surface area contributed by atoms with Gasteiger partial charge in [-0.05, 0) is 60.4 Å². The summed E-state index contributed by atoms with van der Waals surface area (Å²) in [7, 11) is 1.67. The van der Waals surface area contributed by atoms with Crippen molar-refractivity contribution in [2.75, 3.05) is 20.3 Å². The molecule has 1 unspecified atom stereocenters. The predicted octanol–water partition coefficient (Wildman–Crippen LogP) is 5.92. The van der Waals surface area contributed by atoms with Gasteiger partial charge in [-0.2, -0.15) is 0 Å². The monoisotopic (exact) mass is 462 g/mol. The van der Waals surface area contributed by atoms with Crippen molar-refractivity contribution in [3.63, 3.8) is 0 Å². The highest BCUT2D eigenvalue weighted by Gasteiger charge is 2.32. The first kappa shape index (κ1) is 23.7. The molecule has 1 atom stereocenters. The molecule has 0 bridgehead atoms. The Bertz CT molecular complexity index is 1180. The van der Waals surface area contributed by atoms with Crippen LogP contribution < -0.4 is 4.74 Å². The lowest BCUT2D eigenvalue weighted by molar-refractivity contribution is -0.141. The number of fused-ring (bicyclic) bond motifs is 1. The molecule has 0 N–H and O–H groups in total. The van der Waals surface area contributed by atoms with Crippen molar-refractivity contribution in [1.29, 1.82) is 0 Å². The van der Waals surface area contributed by atoms with Gasteiger partial charge in [0.25, 0.3) is 0 Å². The summed E-state index contributed by atoms with van der Waals surface area (Å²) in [6, 6.07) is 12.8. The fourth-order valence-corrected chi connectivity index (χ4v) is 4.26. The number of aromatic nitrogens is 2. The van der Waals surface area contributed by atoms with Gasteiger partial charge in [0.05, 0.1) is 37.5 Å². The number of imidazole rings is 1. The molecule has 1 saturated heterocycles. The van der Waals surface area contributed by atoms with E-state index in [2.05, 4.69) is 17.1 Å². The van der Waals surface area contributed by atoms with Gasteiger partial charge in [-0.15, -0.1) is 0 Å². The van der Waals surface area contributed by atoms with E-state index in [1.165, 1.54) is 12.1 Å². The second-order valence-electron chi connectivity index (χ2n) is 7.99. The Kier molecular flexibility index (Phi) is 7.43. The fraction of sp³-hybridized carbons (Fsp3) is 0.333. The van der Waals surface area contributed by atoms with Gasteiger partial charge in [-0.1, -0.05) is 32.0 Å². The van der Waals surface area contributed by atoms with E-state index in [0.717, 1.165) is 52.5 Å². The molecule has 1 fully saturated rings. The molecule has 0 amide bonds. The normalized spacial score (nSPS) is 18.6. The number of nitrogens with zero attached hydrogens (tertiary/aromatic N) is 4. The molecule has 0 aliphatic carbocycles. The molecule has 2 aliphatic rings. The van der Waals surface area contributed by atoms with Gasteiger partial charge in [-0.3, -0.25) is 9.83 Å². The molecule has 7 heteroatoms. The van der Waals surface area contributed by atoms with Crippen LogP contribution in [0.2, 0.25) is 0 Å². The summed E-state index contributed by atoms with van der Waals surface area (Å²) < 4.78 is 21.0. The van der Waals surface area contributed by atoms with Crippen molar-refractivity contribution in [2.45, 2.75) is 39.7 Å². The molecule has 0 spiro atoms. The topological polar surface area (TPSA) is 51.9 Å². The van der Waals surface area contributed by atoms with Gasteiger partial charge in [0, 0.05) is 19.2 Å². The molecular formula is C27H31FN4O2. The van der Waals surface area contributed by atoms with Crippen LogP contribution in [-0.4, -0.2) is 40.7 Å². The average molecular weight is 463 g/mol. The predicted molar refractivity (Wildman–Crippen MR) is 133 cm³/mol. The van der Waals surface area contributed by atoms with E-state index >= 15 is 0 Å². The Hall–Kier alpha value is -3.45. The quantitative estimate of drug-likeness (QED) is 0.483. The number of aryl methyl sites for hydroxylation is 1. The molecule has 0 saturated carbocycles. The summed E-state index contributed by atoms with van der Waals surface area (Å²) >= 11 is 0. The zero-order valence-corrected chi connectivity index (χ0v) is 20.2. The van der Waals surface area contributed by atoms with Gasteiger partial charge >= 0.3 is 0 Å². The minimum absolute atomic E-state index is 0.0215. The first-order valence-electron chi connectivity index (χ1n) is 11.7. The fourth-order valence-electron chi connectivity index (χ4n) is 4.26. The number of halogens is 1. The number of amidine groups is 1. The standard InChI is InChI=1S/C25H25FN4O2.C2H6/c1-17-15-29(16-28-17)23-8-3-18(14-24(23)31-2)13-20-10-12-32-30-22(9-11-27-25(20)30)19-4-6-21(26)7-5-19;1-2/h3-8,13-16,22H,9-12H2,1-2H3;1-2H3/b20-13+;. The largest absolute Gasteiger partial charge is 0.495 e. The Balaban J connectivity index is 0.00000133. The van der Waals surface area contributed by atoms with Gasteiger partial charge in [-0.25, -0.2) is 14.4 Å². The van der Waals surface area contributed by atoms with Crippen molar-refractivity contribution in [3.05, 3.63) is 83.2 Å². The van der Waals surface area contributed by atoms with E-state index in [1.807, 2.05) is 60.9 Å². The summed E-state index contributed by atoms with van der Waals surface area (Å²) in [5.74, 6) is 1.39. The zero-order valence-electron chi connectivity index (χ0n) is 20.2. The highest BCUT2D eigenvalue weighted by atomic mass is 19.1. The molecule has 3 aromatic rings. The number of ether oxygens (including phenoxy) is 1. The summed E-state index contributed by atoms with van der Waals surface area (Å²) in [4.78, 5) is 15.1. The van der Waals surface area contributed by atoms with Crippen LogP contribution in [-0.2, 0) is 4.84 Å². The Morgan fingerprint density at radius 3 is 2.65 bits per heavy atom. The Morgan fingerprint density at radius 1 is 1.15 bits per heavy atom. The van der Waals surface area contributed by atoms with E-state index < -0.39 is 0 Å². The SMILES string of the molecule is CC.COc1cc(/C=C2\CCON3C2=NCCC3c2ccc(F)cc2)ccc1-n1cnc(C)c1. The van der Waals surface area contributed by atoms with Gasteiger partial charge < -0.3 is 9.30 Å². The minimum Gasteiger partial charge on any atom is -0.495 e. The average Bonchev–Trinajstić information content (AvgIpc) is 3.31. The van der Waals surface area contributed by atoms with Crippen LogP contribution in [0.3, 0.4) is 0 Å². The summed E-state index contributed by atoms with van der Waals surface area (Å²) in [5, 5.41) is 1.89. The number of rotatable bonds is 4. The van der Waals surface area contributed by atoms with Crippen molar-refractivity contribution >= 4 is 11.9 Å². The van der Waals surface area contributed by atoms with Gasteiger partial charge in [0.1, 0.15) is 11.6 Å². The lowest BCUT2D eigenvalue weighted by Gasteiger charge is -2.40. The van der Waals surface area contributed by atoms with Crippen LogP contribution in [0.4, 0.5) is 4.39 Å². The number of hydrogen-bond acceptors (Lipinski definition) is 5. The van der Waals surface area contributed by atoms with E-state index in [1.54, 1.807) is 13.4 Å². The minimum atomic E-state index is -0.234. The number of aliphatic imine (C=N–C) groups is 1. The van der Waals surface area contributed by atoms with Crippen LogP contribution in [0.5, 0.6) is 5.75 Å². The highest BCUT2D eigenvalue weighted by Crippen LogP contribution is 2.34. The summed E-state index contributed by atoms with van der Waals surface area (Å²) in [5.41, 5.74) is 5.07. The number of benzene rings is 2. The van der Waals surface area contributed by atoms with Crippen LogP contribution in [0.1, 0.15) is 49.6 Å². The van der Waals surface area contributed by atoms with Crippen molar-refractivity contribution in [3.8, 4) is 11.4 Å². The maximum absolute atomic E-state index is 13.4. The van der Waals surface area contributed by atoms with Gasteiger partial charge in [0.15, 0.2) is 5.84 Å². The molecular weight excluding hydrogens is 431 g/mol. The molecule has 5 rings (SSSR count). The highest BCUT2D eigenvalue weighted by molar-refractivity contribution is 6.02. The maximum Gasteiger partial charge on any atom is 0.151 e. The van der Waals surface area contributed by atoms with Gasteiger partial charge in [0.2, 0.25) is 0 Å². The van der Waals surface area contributed by atoms with Crippen molar-refractivity contribution < 1.29 is 14.0 Å². The van der Waals surface area contributed by atoms with E-state index in [9.17, 15) is 4.39 Å². The number of methoxy groups -OCH3 is 1. The Morgan fingerprint density at radius 2 is 1.94 bits per heavy atom. The zero-order chi connectivity index (χ0) is 24.1. The van der Waals surface area contributed by atoms with Crippen LogP contribution in [0.15, 0.2) is 65.6 Å². The van der Waals surface area contributed by atoms with E-state index in [0.29, 0.717) is 13.2 Å². The molecule has 0 radical (unpaired) electrons. The third kappa shape index (κ3) is 4.89. The molecule has 6 nitrogen and oxygen atoms in total.